The van der Waals surface area contributed by atoms with Crippen molar-refractivity contribution < 1.29 is 19.3 Å². The van der Waals surface area contributed by atoms with Crippen LogP contribution < -0.4 is 9.47 Å². The lowest BCUT2D eigenvalue weighted by molar-refractivity contribution is -0.00174. The van der Waals surface area contributed by atoms with E-state index in [1.54, 1.807) is 25.1 Å². The van der Waals surface area contributed by atoms with Gasteiger partial charge in [-0.25, -0.2) is 0 Å². The minimum absolute atomic E-state index is 0.142. The number of aliphatic hydroxyl groups is 1. The lowest BCUT2D eigenvalue weighted by atomic mass is 9.98. The maximum atomic E-state index is 9.31. The molecule has 0 saturated carbocycles. The molecule has 9 heteroatoms. The standard InChI is InChI=1S/C25H25ClN4O4/c1-32-23-7-3-5-18(25(23)33-2)24-19-13-16(26)8-9-20(19)30-11-4-6-21(30)22(34-24)10-12-29-14-17(15-31)27-28-29/h3-9,11,13-14,22,24,31H,10,12,15H2,1-2H3/t22-,24-/m1/s1. The van der Waals surface area contributed by atoms with E-state index in [0.717, 1.165) is 22.5 Å². The first-order valence-electron chi connectivity index (χ1n) is 11.0. The lowest BCUT2D eigenvalue weighted by Gasteiger charge is -2.25. The number of aromatic nitrogens is 4. The van der Waals surface area contributed by atoms with Crippen LogP contribution in [0.3, 0.4) is 0 Å². The molecule has 2 atom stereocenters. The van der Waals surface area contributed by atoms with Crippen LogP contribution in [-0.4, -0.2) is 38.9 Å². The molecule has 0 saturated heterocycles. The Morgan fingerprint density at radius 1 is 1.09 bits per heavy atom. The highest BCUT2D eigenvalue weighted by Crippen LogP contribution is 2.46. The molecule has 0 spiro atoms. The van der Waals surface area contributed by atoms with Gasteiger partial charge >= 0.3 is 0 Å². The van der Waals surface area contributed by atoms with E-state index in [9.17, 15) is 5.11 Å². The number of ether oxygens (including phenoxy) is 3. The zero-order chi connectivity index (χ0) is 23.7. The summed E-state index contributed by atoms with van der Waals surface area (Å²) in [5, 5.41) is 18.0. The summed E-state index contributed by atoms with van der Waals surface area (Å²) < 4.78 is 22.0. The van der Waals surface area contributed by atoms with Gasteiger partial charge in [-0.2, -0.15) is 0 Å². The van der Waals surface area contributed by atoms with Gasteiger partial charge in [0.15, 0.2) is 11.5 Å². The second kappa shape index (κ2) is 9.50. The monoisotopic (exact) mass is 480 g/mol. The van der Waals surface area contributed by atoms with Crippen LogP contribution in [0.25, 0.3) is 5.69 Å². The smallest absolute Gasteiger partial charge is 0.166 e. The Bertz CT molecular complexity index is 1300. The van der Waals surface area contributed by atoms with Crippen molar-refractivity contribution in [3.8, 4) is 17.2 Å². The van der Waals surface area contributed by atoms with E-state index in [1.807, 2.05) is 48.7 Å². The average Bonchev–Trinajstić information content (AvgIpc) is 3.51. The Kier molecular flexibility index (Phi) is 6.28. The van der Waals surface area contributed by atoms with E-state index < -0.39 is 6.10 Å². The zero-order valence-corrected chi connectivity index (χ0v) is 19.6. The fourth-order valence-electron chi connectivity index (χ4n) is 4.48. The quantitative estimate of drug-likeness (QED) is 0.420. The number of nitrogens with zero attached hydrogens (tertiary/aromatic N) is 4. The summed E-state index contributed by atoms with van der Waals surface area (Å²) in [6.45, 7) is 0.429. The van der Waals surface area contributed by atoms with Crippen molar-refractivity contribution in [2.24, 2.45) is 0 Å². The Balaban J connectivity index is 1.60. The molecule has 0 aliphatic carbocycles. The summed E-state index contributed by atoms with van der Waals surface area (Å²) in [5.74, 6) is 1.25. The van der Waals surface area contributed by atoms with Gasteiger partial charge in [0.1, 0.15) is 17.9 Å². The van der Waals surface area contributed by atoms with E-state index in [1.165, 1.54) is 0 Å². The fraction of sp³-hybridized carbons (Fsp3) is 0.280. The number of hydrogen-bond acceptors (Lipinski definition) is 6. The highest BCUT2D eigenvalue weighted by Gasteiger charge is 2.32. The summed E-state index contributed by atoms with van der Waals surface area (Å²) >= 11 is 6.45. The predicted molar refractivity (Wildman–Crippen MR) is 127 cm³/mol. The van der Waals surface area contributed by atoms with E-state index in [0.29, 0.717) is 35.2 Å². The molecule has 176 valence electrons. The third-order valence-corrected chi connectivity index (χ3v) is 6.26. The van der Waals surface area contributed by atoms with Gasteiger partial charge in [0.2, 0.25) is 0 Å². The summed E-state index contributed by atoms with van der Waals surface area (Å²) in [4.78, 5) is 0. The summed E-state index contributed by atoms with van der Waals surface area (Å²) in [5.41, 5.74) is 4.33. The number of aliphatic hydroxyl groups excluding tert-OH is 1. The minimum Gasteiger partial charge on any atom is -0.493 e. The van der Waals surface area contributed by atoms with Crippen LogP contribution in [-0.2, 0) is 17.9 Å². The molecule has 0 fully saturated rings. The molecule has 0 radical (unpaired) electrons. The van der Waals surface area contributed by atoms with Crippen molar-refractivity contribution in [3.05, 3.63) is 88.5 Å². The van der Waals surface area contributed by atoms with E-state index in [4.69, 9.17) is 25.8 Å². The highest BCUT2D eigenvalue weighted by atomic mass is 35.5. The number of benzene rings is 2. The van der Waals surface area contributed by atoms with Crippen molar-refractivity contribution in [1.29, 1.82) is 0 Å². The normalized spacial score (nSPS) is 17.1. The Morgan fingerprint density at radius 2 is 1.97 bits per heavy atom. The molecular formula is C25H25ClN4O4. The zero-order valence-electron chi connectivity index (χ0n) is 18.9. The van der Waals surface area contributed by atoms with Crippen LogP contribution >= 0.6 is 11.6 Å². The maximum absolute atomic E-state index is 9.31. The maximum Gasteiger partial charge on any atom is 0.166 e. The molecule has 2 aromatic carbocycles. The molecule has 5 rings (SSSR count). The second-order valence-electron chi connectivity index (χ2n) is 8.01. The second-order valence-corrected chi connectivity index (χ2v) is 8.45. The molecule has 0 amide bonds. The first-order chi connectivity index (χ1) is 16.6. The number of methoxy groups -OCH3 is 2. The van der Waals surface area contributed by atoms with Crippen LogP contribution in [0.5, 0.6) is 11.5 Å². The van der Waals surface area contributed by atoms with E-state index in [-0.39, 0.29) is 12.7 Å². The first-order valence-corrected chi connectivity index (χ1v) is 11.3. The number of rotatable bonds is 7. The third-order valence-electron chi connectivity index (χ3n) is 6.03. The molecule has 2 aromatic heterocycles. The van der Waals surface area contributed by atoms with Gasteiger partial charge in [-0.15, -0.1) is 5.10 Å². The summed E-state index contributed by atoms with van der Waals surface area (Å²) in [6.07, 6.45) is 3.70. The van der Waals surface area contributed by atoms with E-state index in [2.05, 4.69) is 20.9 Å². The Labute approximate surface area is 202 Å². The molecule has 0 bridgehead atoms. The van der Waals surface area contributed by atoms with Gasteiger partial charge in [-0.1, -0.05) is 28.9 Å². The van der Waals surface area contributed by atoms with Gasteiger partial charge in [-0.3, -0.25) is 4.68 Å². The molecule has 0 unspecified atom stereocenters. The van der Waals surface area contributed by atoms with Crippen LogP contribution in [0.15, 0.2) is 60.9 Å². The highest BCUT2D eigenvalue weighted by molar-refractivity contribution is 6.30. The fourth-order valence-corrected chi connectivity index (χ4v) is 4.66. The molecule has 4 aromatic rings. The molecule has 1 aliphatic rings. The number of halogens is 1. The molecule has 34 heavy (non-hydrogen) atoms. The number of aryl methyl sites for hydroxylation is 1. The van der Waals surface area contributed by atoms with Gasteiger partial charge in [0, 0.05) is 28.9 Å². The molecule has 8 nitrogen and oxygen atoms in total. The van der Waals surface area contributed by atoms with Crippen molar-refractivity contribution in [3.63, 3.8) is 0 Å². The lowest BCUT2D eigenvalue weighted by Crippen LogP contribution is -2.14. The minimum atomic E-state index is -0.451. The van der Waals surface area contributed by atoms with Crippen LogP contribution in [0, 0.1) is 0 Å². The van der Waals surface area contributed by atoms with E-state index >= 15 is 0 Å². The molecule has 1 aliphatic heterocycles. The van der Waals surface area contributed by atoms with Crippen LogP contribution in [0.1, 0.15) is 41.1 Å². The van der Waals surface area contributed by atoms with Crippen molar-refractivity contribution in [1.82, 2.24) is 19.6 Å². The van der Waals surface area contributed by atoms with Gasteiger partial charge in [0.25, 0.3) is 0 Å². The molecule has 1 N–H and O–H groups in total. The average molecular weight is 481 g/mol. The molecular weight excluding hydrogens is 456 g/mol. The van der Waals surface area contributed by atoms with Gasteiger partial charge in [-0.05, 0) is 42.8 Å². The summed E-state index contributed by atoms with van der Waals surface area (Å²) in [6, 6.07) is 15.7. The van der Waals surface area contributed by atoms with Gasteiger partial charge < -0.3 is 23.9 Å². The largest absolute Gasteiger partial charge is 0.493 e. The predicted octanol–water partition coefficient (Wildman–Crippen LogP) is 4.48. The topological polar surface area (TPSA) is 83.6 Å². The number of hydrogen-bond donors (Lipinski definition) is 1. The molecule has 3 heterocycles. The Morgan fingerprint density at radius 3 is 2.74 bits per heavy atom. The SMILES string of the molecule is COc1cccc([C@H]2O[C@H](CCn3cc(CO)nn3)c3cccn3-c3ccc(Cl)cc32)c1OC. The van der Waals surface area contributed by atoms with Crippen LogP contribution in [0.2, 0.25) is 5.02 Å². The van der Waals surface area contributed by atoms with Crippen LogP contribution in [0.4, 0.5) is 0 Å². The van der Waals surface area contributed by atoms with Gasteiger partial charge in [0.05, 0.1) is 38.4 Å². The van der Waals surface area contributed by atoms with Crippen molar-refractivity contribution in [2.45, 2.75) is 31.8 Å². The summed E-state index contributed by atoms with van der Waals surface area (Å²) in [7, 11) is 3.25. The number of para-hydroxylation sites is 1. The first kappa shape index (κ1) is 22.5. The Hall–Kier alpha value is -3.33. The number of fused-ring (bicyclic) bond motifs is 3. The van der Waals surface area contributed by atoms with Crippen molar-refractivity contribution >= 4 is 11.6 Å². The third kappa shape index (κ3) is 4.04. The van der Waals surface area contributed by atoms with Crippen molar-refractivity contribution in [2.75, 3.05) is 14.2 Å².